The van der Waals surface area contributed by atoms with E-state index in [2.05, 4.69) is 18.3 Å². The van der Waals surface area contributed by atoms with Crippen LogP contribution in [-0.2, 0) is 18.4 Å². The summed E-state index contributed by atoms with van der Waals surface area (Å²) in [6.07, 6.45) is 1.75. The van der Waals surface area contributed by atoms with Crippen LogP contribution in [0.25, 0.3) is 11.1 Å². The Bertz CT molecular complexity index is 862. The average Bonchev–Trinajstić information content (AvgIpc) is 2.60. The SMILES string of the molecule is COc1cc2c(cc1O)CC1(C)NCCc3cc(OC)c(OC)c-2c31. The molecule has 5 heteroatoms. The summed E-state index contributed by atoms with van der Waals surface area (Å²) in [7, 11) is 4.90. The maximum Gasteiger partial charge on any atom is 0.168 e. The van der Waals surface area contributed by atoms with E-state index >= 15 is 0 Å². The fraction of sp³-hybridized carbons (Fsp3) is 0.400. The van der Waals surface area contributed by atoms with Gasteiger partial charge in [0.15, 0.2) is 23.0 Å². The van der Waals surface area contributed by atoms with Gasteiger partial charge in [-0.2, -0.15) is 0 Å². The van der Waals surface area contributed by atoms with E-state index in [4.69, 9.17) is 14.2 Å². The summed E-state index contributed by atoms with van der Waals surface area (Å²) in [5, 5.41) is 13.9. The Morgan fingerprint density at radius 1 is 1.00 bits per heavy atom. The molecule has 0 spiro atoms. The van der Waals surface area contributed by atoms with Crippen LogP contribution in [0.2, 0.25) is 0 Å². The summed E-state index contributed by atoms with van der Waals surface area (Å²) < 4.78 is 16.7. The molecule has 1 heterocycles. The lowest BCUT2D eigenvalue weighted by Gasteiger charge is -2.43. The number of benzene rings is 2. The minimum absolute atomic E-state index is 0.159. The number of nitrogens with one attached hydrogen (secondary N) is 1. The van der Waals surface area contributed by atoms with Crippen molar-refractivity contribution >= 4 is 0 Å². The minimum Gasteiger partial charge on any atom is -0.504 e. The second kappa shape index (κ2) is 5.56. The van der Waals surface area contributed by atoms with Crippen molar-refractivity contribution in [1.29, 1.82) is 0 Å². The van der Waals surface area contributed by atoms with Gasteiger partial charge in [-0.05, 0) is 60.2 Å². The molecule has 1 unspecified atom stereocenters. The Morgan fingerprint density at radius 2 is 1.76 bits per heavy atom. The number of fused-ring (bicyclic) bond motifs is 2. The predicted octanol–water partition coefficient (Wildman–Crippen LogP) is 3.00. The summed E-state index contributed by atoms with van der Waals surface area (Å²) in [6, 6.07) is 5.80. The molecule has 5 nitrogen and oxygen atoms in total. The van der Waals surface area contributed by atoms with Crippen LogP contribution in [-0.4, -0.2) is 33.0 Å². The summed E-state index contributed by atoms with van der Waals surface area (Å²) in [5.74, 6) is 2.08. The molecule has 25 heavy (non-hydrogen) atoms. The molecule has 2 N–H and O–H groups in total. The van der Waals surface area contributed by atoms with E-state index in [-0.39, 0.29) is 11.3 Å². The average molecular weight is 341 g/mol. The fourth-order valence-corrected chi connectivity index (χ4v) is 4.38. The van der Waals surface area contributed by atoms with Gasteiger partial charge in [0.2, 0.25) is 0 Å². The molecule has 0 radical (unpaired) electrons. The molecule has 2 aromatic rings. The third-order valence-corrected chi connectivity index (χ3v) is 5.43. The monoisotopic (exact) mass is 341 g/mol. The molecule has 1 atom stereocenters. The van der Waals surface area contributed by atoms with Crippen molar-refractivity contribution in [3.05, 3.63) is 34.9 Å². The van der Waals surface area contributed by atoms with Crippen LogP contribution >= 0.6 is 0 Å². The summed E-state index contributed by atoms with van der Waals surface area (Å²) in [6.45, 7) is 3.13. The van der Waals surface area contributed by atoms with Crippen molar-refractivity contribution in [1.82, 2.24) is 5.32 Å². The summed E-state index contributed by atoms with van der Waals surface area (Å²) >= 11 is 0. The second-order valence-corrected chi connectivity index (χ2v) is 6.89. The highest BCUT2D eigenvalue weighted by Gasteiger charge is 2.41. The van der Waals surface area contributed by atoms with Crippen LogP contribution in [0.4, 0.5) is 0 Å². The molecule has 1 aliphatic heterocycles. The topological polar surface area (TPSA) is 60.0 Å². The molecule has 2 aromatic carbocycles. The molecule has 1 aliphatic carbocycles. The van der Waals surface area contributed by atoms with Gasteiger partial charge < -0.3 is 24.6 Å². The first-order valence-electron chi connectivity index (χ1n) is 8.46. The lowest BCUT2D eigenvalue weighted by Crippen LogP contribution is -2.48. The molecule has 2 aliphatic rings. The zero-order valence-corrected chi connectivity index (χ0v) is 15.0. The van der Waals surface area contributed by atoms with Crippen LogP contribution in [0, 0.1) is 0 Å². The smallest absolute Gasteiger partial charge is 0.168 e. The quantitative estimate of drug-likeness (QED) is 0.899. The highest BCUT2D eigenvalue weighted by molar-refractivity contribution is 5.85. The molecular weight excluding hydrogens is 318 g/mol. The molecular formula is C20H23NO4. The highest BCUT2D eigenvalue weighted by atomic mass is 16.5. The first kappa shape index (κ1) is 16.1. The van der Waals surface area contributed by atoms with Gasteiger partial charge >= 0.3 is 0 Å². The summed E-state index contributed by atoms with van der Waals surface area (Å²) in [4.78, 5) is 0. The number of aromatic hydroxyl groups is 1. The Labute approximate surface area is 147 Å². The van der Waals surface area contributed by atoms with E-state index in [9.17, 15) is 5.11 Å². The summed E-state index contributed by atoms with van der Waals surface area (Å²) in [5.41, 5.74) is 5.48. The minimum atomic E-state index is -0.198. The maximum absolute atomic E-state index is 10.3. The van der Waals surface area contributed by atoms with Gasteiger partial charge in [-0.25, -0.2) is 0 Å². The van der Waals surface area contributed by atoms with Crippen molar-refractivity contribution < 1.29 is 19.3 Å². The Hall–Kier alpha value is -2.40. The van der Waals surface area contributed by atoms with E-state index in [0.717, 1.165) is 47.6 Å². The maximum atomic E-state index is 10.3. The normalized spacial score (nSPS) is 20.5. The second-order valence-electron chi connectivity index (χ2n) is 6.89. The standard InChI is InChI=1S/C20H23NO4/c1-20-10-12-7-14(22)15(23-2)9-13(12)17-18(20)11(5-6-21-20)8-16(24-3)19(17)25-4/h7-9,21-22H,5-6,10H2,1-4H3. The van der Waals surface area contributed by atoms with Crippen molar-refractivity contribution in [2.45, 2.75) is 25.3 Å². The molecule has 0 fully saturated rings. The Kier molecular flexibility index (Phi) is 3.58. The number of rotatable bonds is 3. The molecule has 132 valence electrons. The van der Waals surface area contributed by atoms with Gasteiger partial charge in [-0.1, -0.05) is 0 Å². The largest absolute Gasteiger partial charge is 0.504 e. The van der Waals surface area contributed by atoms with Gasteiger partial charge in [-0.15, -0.1) is 0 Å². The fourth-order valence-electron chi connectivity index (χ4n) is 4.38. The molecule has 0 aromatic heterocycles. The molecule has 4 rings (SSSR count). The number of methoxy groups -OCH3 is 3. The predicted molar refractivity (Wildman–Crippen MR) is 96.0 cm³/mol. The van der Waals surface area contributed by atoms with Crippen molar-refractivity contribution in [3.63, 3.8) is 0 Å². The number of hydrogen-bond donors (Lipinski definition) is 2. The van der Waals surface area contributed by atoms with Crippen LogP contribution in [0.3, 0.4) is 0 Å². The van der Waals surface area contributed by atoms with E-state index in [1.807, 2.05) is 6.07 Å². The van der Waals surface area contributed by atoms with Crippen LogP contribution in [0.15, 0.2) is 18.2 Å². The third-order valence-electron chi connectivity index (χ3n) is 5.43. The van der Waals surface area contributed by atoms with E-state index in [1.165, 1.54) is 11.1 Å². The van der Waals surface area contributed by atoms with Gasteiger partial charge in [0.25, 0.3) is 0 Å². The highest BCUT2D eigenvalue weighted by Crippen LogP contribution is 2.54. The van der Waals surface area contributed by atoms with Gasteiger partial charge in [-0.3, -0.25) is 0 Å². The van der Waals surface area contributed by atoms with Gasteiger partial charge in [0.05, 0.1) is 21.3 Å². The number of phenolic OH excluding ortho intramolecular Hbond substituents is 1. The van der Waals surface area contributed by atoms with Crippen molar-refractivity contribution in [2.24, 2.45) is 0 Å². The van der Waals surface area contributed by atoms with E-state index < -0.39 is 0 Å². The van der Waals surface area contributed by atoms with Crippen LogP contribution < -0.4 is 19.5 Å². The first-order valence-corrected chi connectivity index (χ1v) is 8.46. The van der Waals surface area contributed by atoms with Crippen LogP contribution in [0.1, 0.15) is 23.6 Å². The Balaban J connectivity index is 2.12. The molecule has 0 saturated heterocycles. The third kappa shape index (κ3) is 2.19. The lowest BCUT2D eigenvalue weighted by molar-refractivity contribution is 0.325. The zero-order chi connectivity index (χ0) is 17.8. The molecule has 0 amide bonds. The van der Waals surface area contributed by atoms with Crippen molar-refractivity contribution in [3.8, 4) is 34.1 Å². The van der Waals surface area contributed by atoms with Gasteiger partial charge in [0.1, 0.15) is 0 Å². The van der Waals surface area contributed by atoms with E-state index in [1.54, 1.807) is 27.4 Å². The molecule has 0 bridgehead atoms. The first-order chi connectivity index (χ1) is 12.0. The Morgan fingerprint density at radius 3 is 2.44 bits per heavy atom. The number of ether oxygens (including phenoxy) is 3. The van der Waals surface area contributed by atoms with Crippen LogP contribution in [0.5, 0.6) is 23.0 Å². The van der Waals surface area contributed by atoms with Gasteiger partial charge in [0, 0.05) is 17.6 Å². The number of hydrogen-bond acceptors (Lipinski definition) is 5. The van der Waals surface area contributed by atoms with Crippen molar-refractivity contribution in [2.75, 3.05) is 27.9 Å². The number of phenols is 1. The zero-order valence-electron chi connectivity index (χ0n) is 15.0. The molecule has 0 saturated carbocycles. The van der Waals surface area contributed by atoms with E-state index in [0.29, 0.717) is 5.75 Å². The lowest BCUT2D eigenvalue weighted by atomic mass is 9.70.